The molecule has 0 radical (unpaired) electrons. The van der Waals surface area contributed by atoms with Crippen LogP contribution in [0.2, 0.25) is 0 Å². The Hall–Kier alpha value is -1.22. The van der Waals surface area contributed by atoms with Crippen molar-refractivity contribution in [2.45, 2.75) is 25.3 Å². The van der Waals surface area contributed by atoms with Crippen molar-refractivity contribution in [2.75, 3.05) is 13.2 Å². The van der Waals surface area contributed by atoms with E-state index in [-0.39, 0.29) is 5.75 Å². The summed E-state index contributed by atoms with van der Waals surface area (Å²) >= 11 is 0. The zero-order chi connectivity index (χ0) is 11.0. The lowest BCUT2D eigenvalue weighted by molar-refractivity contribution is 0.217. The molecule has 1 aliphatic heterocycles. The number of aromatic hydroxyl groups is 1. The monoisotopic (exact) mass is 219 g/mol. The number of hydrogen-bond acceptors (Lipinski definition) is 3. The van der Waals surface area contributed by atoms with Gasteiger partial charge in [-0.3, -0.25) is 0 Å². The zero-order valence-corrected chi connectivity index (χ0v) is 9.28. The molecule has 16 heavy (non-hydrogen) atoms. The summed E-state index contributed by atoms with van der Waals surface area (Å²) in [6, 6.07) is 6.17. The molecule has 0 amide bonds. The van der Waals surface area contributed by atoms with Crippen LogP contribution in [0.1, 0.15) is 18.4 Å². The first-order valence-electron chi connectivity index (χ1n) is 5.99. The molecule has 1 aromatic carbocycles. The van der Waals surface area contributed by atoms with E-state index in [1.54, 1.807) is 12.1 Å². The number of phenolic OH excluding ortho intramolecular Hbond substituents is 1. The van der Waals surface area contributed by atoms with Gasteiger partial charge in [-0.25, -0.2) is 0 Å². The van der Waals surface area contributed by atoms with Crippen molar-refractivity contribution in [1.82, 2.24) is 5.32 Å². The van der Waals surface area contributed by atoms with Crippen LogP contribution in [-0.4, -0.2) is 24.3 Å². The molecule has 3 rings (SSSR count). The van der Waals surface area contributed by atoms with Gasteiger partial charge in [-0.2, -0.15) is 0 Å². The Bertz CT molecular complexity index is 388. The van der Waals surface area contributed by atoms with Crippen LogP contribution < -0.4 is 10.1 Å². The van der Waals surface area contributed by atoms with Crippen LogP contribution in [0, 0.1) is 5.92 Å². The van der Waals surface area contributed by atoms with Gasteiger partial charge in [-0.15, -0.1) is 0 Å². The fourth-order valence-electron chi connectivity index (χ4n) is 2.18. The standard InChI is InChI=1S/C13H17NO2/c15-12-4-1-10-5-9(7-14-11-2-3-11)8-16-13(10)6-12/h1,4,6,9,11,14-15H,2-3,5,7-8H2. The molecule has 1 unspecified atom stereocenters. The lowest BCUT2D eigenvalue weighted by Crippen LogP contribution is -2.32. The molecule has 1 aliphatic carbocycles. The van der Waals surface area contributed by atoms with Gasteiger partial charge in [0, 0.05) is 24.6 Å². The second kappa shape index (κ2) is 3.98. The second-order valence-electron chi connectivity index (χ2n) is 4.86. The lowest BCUT2D eigenvalue weighted by Gasteiger charge is -2.25. The molecule has 86 valence electrons. The summed E-state index contributed by atoms with van der Waals surface area (Å²) < 4.78 is 5.67. The molecule has 0 saturated heterocycles. The average Bonchev–Trinajstić information content (AvgIpc) is 3.10. The summed E-state index contributed by atoms with van der Waals surface area (Å²) in [5.74, 6) is 1.70. The van der Waals surface area contributed by atoms with Gasteiger partial charge in [0.2, 0.25) is 0 Å². The van der Waals surface area contributed by atoms with E-state index in [0.717, 1.165) is 31.4 Å². The molecule has 3 nitrogen and oxygen atoms in total. The molecule has 0 bridgehead atoms. The Morgan fingerprint density at radius 3 is 3.06 bits per heavy atom. The number of hydrogen-bond donors (Lipinski definition) is 2. The second-order valence-corrected chi connectivity index (χ2v) is 4.86. The maximum Gasteiger partial charge on any atom is 0.126 e. The van der Waals surface area contributed by atoms with Crippen LogP contribution in [-0.2, 0) is 6.42 Å². The fourth-order valence-corrected chi connectivity index (χ4v) is 2.18. The molecular weight excluding hydrogens is 202 g/mol. The summed E-state index contributed by atoms with van der Waals surface area (Å²) in [6.45, 7) is 1.81. The summed E-state index contributed by atoms with van der Waals surface area (Å²) in [4.78, 5) is 0. The Morgan fingerprint density at radius 2 is 2.25 bits per heavy atom. The molecule has 2 N–H and O–H groups in total. The maximum absolute atomic E-state index is 9.35. The first-order chi connectivity index (χ1) is 7.81. The van der Waals surface area contributed by atoms with E-state index in [1.807, 2.05) is 6.07 Å². The van der Waals surface area contributed by atoms with Crippen molar-refractivity contribution in [3.8, 4) is 11.5 Å². The number of fused-ring (bicyclic) bond motifs is 1. The number of rotatable bonds is 3. The van der Waals surface area contributed by atoms with Crippen LogP contribution in [0.4, 0.5) is 0 Å². The Balaban J connectivity index is 1.63. The maximum atomic E-state index is 9.35. The highest BCUT2D eigenvalue weighted by Crippen LogP contribution is 2.30. The third-order valence-electron chi connectivity index (χ3n) is 3.31. The van der Waals surface area contributed by atoms with E-state index in [4.69, 9.17) is 4.74 Å². The highest BCUT2D eigenvalue weighted by Gasteiger charge is 2.24. The van der Waals surface area contributed by atoms with Crippen LogP contribution in [0.15, 0.2) is 18.2 Å². The normalized spacial score (nSPS) is 23.6. The third kappa shape index (κ3) is 2.14. The molecule has 1 atom stereocenters. The summed E-state index contributed by atoms with van der Waals surface area (Å²) in [7, 11) is 0. The van der Waals surface area contributed by atoms with E-state index < -0.39 is 0 Å². The number of phenols is 1. The SMILES string of the molecule is Oc1ccc2c(c1)OCC(CNC1CC1)C2. The summed E-state index contributed by atoms with van der Waals surface area (Å²) in [6.07, 6.45) is 3.71. The number of nitrogens with one attached hydrogen (secondary N) is 1. The van der Waals surface area contributed by atoms with E-state index >= 15 is 0 Å². The van der Waals surface area contributed by atoms with Gasteiger partial charge in [0.15, 0.2) is 0 Å². The molecular formula is C13H17NO2. The quantitative estimate of drug-likeness (QED) is 0.813. The van der Waals surface area contributed by atoms with Crippen LogP contribution in [0.25, 0.3) is 0 Å². The van der Waals surface area contributed by atoms with Gasteiger partial charge in [-0.1, -0.05) is 6.07 Å². The van der Waals surface area contributed by atoms with Gasteiger partial charge in [0.1, 0.15) is 11.5 Å². The molecule has 1 saturated carbocycles. The molecule has 1 fully saturated rings. The third-order valence-corrected chi connectivity index (χ3v) is 3.31. The molecule has 0 spiro atoms. The summed E-state index contributed by atoms with van der Waals surface area (Å²) in [5.41, 5.74) is 1.21. The van der Waals surface area contributed by atoms with Crippen molar-refractivity contribution in [2.24, 2.45) is 5.92 Å². The predicted octanol–water partition coefficient (Wildman–Crippen LogP) is 1.70. The minimum Gasteiger partial charge on any atom is -0.508 e. The van der Waals surface area contributed by atoms with Gasteiger partial charge in [0.25, 0.3) is 0 Å². The molecule has 0 aromatic heterocycles. The van der Waals surface area contributed by atoms with Crippen molar-refractivity contribution in [1.29, 1.82) is 0 Å². The zero-order valence-electron chi connectivity index (χ0n) is 9.28. The highest BCUT2D eigenvalue weighted by molar-refractivity contribution is 5.41. The van der Waals surface area contributed by atoms with Crippen LogP contribution >= 0.6 is 0 Å². The van der Waals surface area contributed by atoms with E-state index in [2.05, 4.69) is 5.32 Å². The van der Waals surface area contributed by atoms with Gasteiger partial charge >= 0.3 is 0 Å². The van der Waals surface area contributed by atoms with E-state index in [0.29, 0.717) is 5.92 Å². The molecule has 3 heteroatoms. The predicted molar refractivity (Wildman–Crippen MR) is 61.8 cm³/mol. The molecule has 1 aromatic rings. The van der Waals surface area contributed by atoms with Gasteiger partial charge < -0.3 is 15.2 Å². The smallest absolute Gasteiger partial charge is 0.126 e. The van der Waals surface area contributed by atoms with Crippen molar-refractivity contribution >= 4 is 0 Å². The molecule has 1 heterocycles. The average molecular weight is 219 g/mol. The number of benzene rings is 1. The van der Waals surface area contributed by atoms with Crippen LogP contribution in [0.3, 0.4) is 0 Å². The minimum atomic E-state index is 0.285. The van der Waals surface area contributed by atoms with Gasteiger partial charge in [-0.05, 0) is 30.9 Å². The largest absolute Gasteiger partial charge is 0.508 e. The van der Waals surface area contributed by atoms with E-state index in [9.17, 15) is 5.11 Å². The lowest BCUT2D eigenvalue weighted by atomic mass is 9.96. The summed E-state index contributed by atoms with van der Waals surface area (Å²) in [5, 5.41) is 12.9. The van der Waals surface area contributed by atoms with Crippen molar-refractivity contribution < 1.29 is 9.84 Å². The Kier molecular flexibility index (Phi) is 2.48. The highest BCUT2D eigenvalue weighted by atomic mass is 16.5. The minimum absolute atomic E-state index is 0.285. The first kappa shape index (κ1) is 9.97. The van der Waals surface area contributed by atoms with Crippen molar-refractivity contribution in [3.63, 3.8) is 0 Å². The topological polar surface area (TPSA) is 41.5 Å². The van der Waals surface area contributed by atoms with E-state index in [1.165, 1.54) is 18.4 Å². The Morgan fingerprint density at radius 1 is 1.38 bits per heavy atom. The van der Waals surface area contributed by atoms with Crippen molar-refractivity contribution in [3.05, 3.63) is 23.8 Å². The number of ether oxygens (including phenoxy) is 1. The first-order valence-corrected chi connectivity index (χ1v) is 5.99. The van der Waals surface area contributed by atoms with Gasteiger partial charge in [0.05, 0.1) is 6.61 Å². The molecule has 2 aliphatic rings. The van der Waals surface area contributed by atoms with Crippen LogP contribution in [0.5, 0.6) is 11.5 Å². The Labute approximate surface area is 95.4 Å². The fraction of sp³-hybridized carbons (Fsp3) is 0.538.